The van der Waals surface area contributed by atoms with Crippen LogP contribution in [0.25, 0.3) is 11.1 Å². The summed E-state index contributed by atoms with van der Waals surface area (Å²) in [5, 5.41) is 13.6. The summed E-state index contributed by atoms with van der Waals surface area (Å²) in [7, 11) is 0. The number of carbonyl (C=O) groups excluding carboxylic acids is 3. The quantitative estimate of drug-likeness (QED) is 0.162. The highest BCUT2D eigenvalue weighted by Crippen LogP contribution is 2.44. The van der Waals surface area contributed by atoms with E-state index in [2.05, 4.69) is 10.7 Å². The van der Waals surface area contributed by atoms with E-state index in [-0.39, 0.29) is 31.9 Å². The van der Waals surface area contributed by atoms with Crippen molar-refractivity contribution in [1.29, 1.82) is 0 Å². The number of carboxylic acids is 1. The molecule has 3 amide bonds. The largest absolute Gasteiger partial charge is 0.481 e. The van der Waals surface area contributed by atoms with Crippen LogP contribution in [0.2, 0.25) is 0 Å². The lowest BCUT2D eigenvalue weighted by molar-refractivity contribution is -0.147. The van der Waals surface area contributed by atoms with Crippen molar-refractivity contribution in [2.24, 2.45) is 5.92 Å². The smallest absolute Gasteiger partial charge is 0.426 e. The molecule has 10 heteroatoms. The number of unbranched alkanes of at least 4 members (excludes halogenated alkanes) is 1. The van der Waals surface area contributed by atoms with Gasteiger partial charge < -0.3 is 19.9 Å². The summed E-state index contributed by atoms with van der Waals surface area (Å²) in [6, 6.07) is 25.1. The number of nitrogens with zero attached hydrogens (tertiary/aromatic N) is 1. The predicted molar refractivity (Wildman–Crippen MR) is 169 cm³/mol. The molecule has 1 atom stereocenters. The molecule has 1 aliphatic rings. The van der Waals surface area contributed by atoms with Gasteiger partial charge in [0.05, 0.1) is 12.5 Å². The number of hydrogen-bond acceptors (Lipinski definition) is 6. The molecule has 0 saturated carbocycles. The number of hydrogen-bond donors (Lipinski definition) is 3. The minimum Gasteiger partial charge on any atom is -0.481 e. The third-order valence-corrected chi connectivity index (χ3v) is 7.47. The zero-order valence-electron chi connectivity index (χ0n) is 26.0. The molecular formula is C35H41N3O7. The van der Waals surface area contributed by atoms with Crippen molar-refractivity contribution in [2.75, 3.05) is 13.2 Å². The Morgan fingerprint density at radius 3 is 2.04 bits per heavy atom. The number of hydrazine groups is 1. The van der Waals surface area contributed by atoms with Gasteiger partial charge in [0, 0.05) is 18.9 Å². The summed E-state index contributed by atoms with van der Waals surface area (Å²) >= 11 is 0. The molecule has 0 aromatic heterocycles. The normalized spacial score (nSPS) is 12.8. The number of alkyl carbamates (subject to hydrolysis) is 1. The molecule has 0 unspecified atom stereocenters. The van der Waals surface area contributed by atoms with Gasteiger partial charge in [-0.2, -0.15) is 0 Å². The fourth-order valence-corrected chi connectivity index (χ4v) is 5.35. The van der Waals surface area contributed by atoms with Crippen molar-refractivity contribution in [3.8, 4) is 11.1 Å². The van der Waals surface area contributed by atoms with Crippen molar-refractivity contribution in [3.63, 3.8) is 0 Å². The van der Waals surface area contributed by atoms with Crippen LogP contribution in [0.3, 0.4) is 0 Å². The Morgan fingerprint density at radius 2 is 1.44 bits per heavy atom. The summed E-state index contributed by atoms with van der Waals surface area (Å²) in [6.07, 6.45) is -0.446. The van der Waals surface area contributed by atoms with Gasteiger partial charge in [-0.3, -0.25) is 9.59 Å². The van der Waals surface area contributed by atoms with Crippen LogP contribution in [-0.2, 0) is 25.6 Å². The third kappa shape index (κ3) is 9.56. The summed E-state index contributed by atoms with van der Waals surface area (Å²) < 4.78 is 10.8. The number of fused-ring (bicyclic) bond motifs is 3. The molecule has 238 valence electrons. The number of aliphatic carboxylic acids is 1. The third-order valence-electron chi connectivity index (χ3n) is 7.47. The lowest BCUT2D eigenvalue weighted by Gasteiger charge is -2.25. The Hall–Kier alpha value is -4.86. The van der Waals surface area contributed by atoms with Crippen molar-refractivity contribution in [3.05, 3.63) is 95.6 Å². The molecule has 0 aliphatic heterocycles. The summed E-state index contributed by atoms with van der Waals surface area (Å²) in [5.41, 5.74) is 7.03. The lowest BCUT2D eigenvalue weighted by atomic mass is 9.98. The second-order valence-corrected chi connectivity index (χ2v) is 12.1. The van der Waals surface area contributed by atoms with Gasteiger partial charge in [0.1, 0.15) is 12.2 Å². The van der Waals surface area contributed by atoms with E-state index in [1.54, 1.807) is 20.8 Å². The zero-order valence-corrected chi connectivity index (χ0v) is 26.0. The monoisotopic (exact) mass is 615 g/mol. The molecule has 0 fully saturated rings. The number of carboxylic acid groups (broad SMARTS) is 1. The van der Waals surface area contributed by atoms with Gasteiger partial charge in [-0.15, -0.1) is 0 Å². The Bertz CT molecular complexity index is 1440. The van der Waals surface area contributed by atoms with E-state index in [0.717, 1.165) is 32.8 Å². The number of amides is 3. The molecule has 3 aromatic carbocycles. The molecular weight excluding hydrogens is 574 g/mol. The highest BCUT2D eigenvalue weighted by atomic mass is 16.6. The molecule has 3 N–H and O–H groups in total. The summed E-state index contributed by atoms with van der Waals surface area (Å²) in [6.45, 7) is 5.73. The molecule has 10 nitrogen and oxygen atoms in total. The molecule has 0 heterocycles. The first-order chi connectivity index (χ1) is 21.5. The van der Waals surface area contributed by atoms with Crippen LogP contribution < -0.4 is 10.7 Å². The Balaban J connectivity index is 1.35. The molecule has 0 saturated heterocycles. The van der Waals surface area contributed by atoms with Crippen molar-refractivity contribution in [2.45, 2.75) is 64.5 Å². The minimum atomic E-state index is -1.11. The van der Waals surface area contributed by atoms with Crippen molar-refractivity contribution in [1.82, 2.24) is 15.8 Å². The number of rotatable bonds is 12. The van der Waals surface area contributed by atoms with Crippen LogP contribution >= 0.6 is 0 Å². The highest BCUT2D eigenvalue weighted by molar-refractivity contribution is 5.84. The number of nitrogens with one attached hydrogen (secondary N) is 2. The Morgan fingerprint density at radius 1 is 0.844 bits per heavy atom. The van der Waals surface area contributed by atoms with Gasteiger partial charge in [-0.1, -0.05) is 85.3 Å². The van der Waals surface area contributed by atoms with Gasteiger partial charge in [0.15, 0.2) is 0 Å². The van der Waals surface area contributed by atoms with Gasteiger partial charge in [0.25, 0.3) is 0 Å². The minimum absolute atomic E-state index is 0.0377. The summed E-state index contributed by atoms with van der Waals surface area (Å²) in [5.74, 6) is -2.78. The molecule has 3 aromatic rings. The zero-order chi connectivity index (χ0) is 32.4. The second-order valence-electron chi connectivity index (χ2n) is 12.1. The molecule has 0 radical (unpaired) electrons. The van der Waals surface area contributed by atoms with E-state index < -0.39 is 35.6 Å². The van der Waals surface area contributed by atoms with E-state index in [0.29, 0.717) is 19.4 Å². The van der Waals surface area contributed by atoms with Gasteiger partial charge >= 0.3 is 18.2 Å². The van der Waals surface area contributed by atoms with Crippen molar-refractivity contribution >= 4 is 24.1 Å². The van der Waals surface area contributed by atoms with Gasteiger partial charge in [-0.05, 0) is 61.4 Å². The molecule has 45 heavy (non-hydrogen) atoms. The van der Waals surface area contributed by atoms with Crippen LogP contribution in [0.15, 0.2) is 78.9 Å². The first-order valence-corrected chi connectivity index (χ1v) is 15.2. The van der Waals surface area contributed by atoms with Gasteiger partial charge in [-0.25, -0.2) is 20.0 Å². The van der Waals surface area contributed by atoms with E-state index in [1.165, 1.54) is 0 Å². The van der Waals surface area contributed by atoms with E-state index in [9.17, 15) is 24.3 Å². The van der Waals surface area contributed by atoms with Crippen LogP contribution in [0.5, 0.6) is 0 Å². The molecule has 1 aliphatic carbocycles. The van der Waals surface area contributed by atoms with Crippen LogP contribution in [0, 0.1) is 5.92 Å². The predicted octanol–water partition coefficient (Wildman–Crippen LogP) is 6.25. The Labute approximate surface area is 263 Å². The highest BCUT2D eigenvalue weighted by Gasteiger charge is 2.30. The fourth-order valence-electron chi connectivity index (χ4n) is 5.35. The van der Waals surface area contributed by atoms with Crippen LogP contribution in [-0.4, -0.2) is 52.9 Å². The SMILES string of the molecule is CC(C)(C)OC(=O)NCCCC[C@H](CC(=O)N(Cc1ccccc1)NC(=O)OCC1c2ccccc2-c2ccccc21)C(=O)O. The van der Waals surface area contributed by atoms with E-state index in [4.69, 9.17) is 9.47 Å². The number of benzene rings is 3. The van der Waals surface area contributed by atoms with Gasteiger partial charge in [0.2, 0.25) is 5.91 Å². The lowest BCUT2D eigenvalue weighted by Crippen LogP contribution is -2.47. The number of carbonyl (C=O) groups is 4. The average Bonchev–Trinajstić information content (AvgIpc) is 3.32. The number of ether oxygens (including phenoxy) is 2. The average molecular weight is 616 g/mol. The van der Waals surface area contributed by atoms with Crippen molar-refractivity contribution < 1.29 is 33.8 Å². The first kappa shape index (κ1) is 33.0. The fraction of sp³-hybridized carbons (Fsp3) is 0.371. The maximum Gasteiger partial charge on any atom is 0.426 e. The van der Waals surface area contributed by atoms with Crippen LogP contribution in [0.1, 0.15) is 69.1 Å². The molecule has 0 spiro atoms. The molecule has 4 rings (SSSR count). The molecule has 0 bridgehead atoms. The maximum absolute atomic E-state index is 13.4. The van der Waals surface area contributed by atoms with E-state index >= 15 is 0 Å². The van der Waals surface area contributed by atoms with Crippen LogP contribution in [0.4, 0.5) is 9.59 Å². The standard InChI is InChI=1S/C35H41N3O7/c1-35(2,3)45-33(42)36-20-12-11-15-25(32(40)41)21-31(39)38(22-24-13-5-4-6-14-24)37-34(43)44-23-30-28-18-9-7-16-26(28)27-17-8-10-19-29(27)30/h4-10,13-14,16-19,25,30H,11-12,15,20-23H2,1-3H3,(H,36,42)(H,37,43)(H,40,41)/t25-/m1/s1. The summed E-state index contributed by atoms with van der Waals surface area (Å²) in [4.78, 5) is 50.3. The second kappa shape index (κ2) is 15.2. The topological polar surface area (TPSA) is 134 Å². The Kier molecular flexibility index (Phi) is 11.2. The first-order valence-electron chi connectivity index (χ1n) is 15.2. The van der Waals surface area contributed by atoms with E-state index in [1.807, 2.05) is 78.9 Å². The maximum atomic E-state index is 13.4.